The molecule has 0 radical (unpaired) electrons. The fourth-order valence-electron chi connectivity index (χ4n) is 10.5. The predicted molar refractivity (Wildman–Crippen MR) is 337 cm³/mol. The normalized spacial score (nSPS) is 29.2. The van der Waals surface area contributed by atoms with Gasteiger partial charge in [0.25, 0.3) is 0 Å². The van der Waals surface area contributed by atoms with Gasteiger partial charge >= 0.3 is 0 Å². The van der Waals surface area contributed by atoms with E-state index < -0.39 is 124 Å². The molecule has 0 aromatic heterocycles. The van der Waals surface area contributed by atoms with E-state index in [2.05, 4.69) is 104 Å². The second-order valence-electron chi connectivity index (χ2n) is 23.2. The van der Waals surface area contributed by atoms with Crippen LogP contribution in [0.1, 0.15) is 194 Å². The minimum absolute atomic E-state index is 0.227. The minimum Gasteiger partial charge on any atom is -0.394 e. The Kier molecular flexibility index (Phi) is 44.3. The average molecular weight is 1230 g/mol. The van der Waals surface area contributed by atoms with E-state index in [9.17, 15) is 61.0 Å². The highest BCUT2D eigenvalue weighted by molar-refractivity contribution is 5.76. The van der Waals surface area contributed by atoms with E-state index in [4.69, 9.17) is 28.4 Å². The molecule has 0 spiro atoms. The molecule has 3 aliphatic heterocycles. The summed E-state index contributed by atoms with van der Waals surface area (Å²) in [5.41, 5.74) is 0. The van der Waals surface area contributed by atoms with E-state index in [0.717, 1.165) is 89.9 Å². The van der Waals surface area contributed by atoms with Crippen LogP contribution in [0.3, 0.4) is 0 Å². The number of unbranched alkanes of at least 4 members (excludes halogenated alkanes) is 18. The number of hydrogen-bond acceptors (Lipinski definition) is 18. The Morgan fingerprint density at radius 1 is 0.425 bits per heavy atom. The summed E-state index contributed by atoms with van der Waals surface area (Å²) in [7, 11) is 0. The van der Waals surface area contributed by atoms with Crippen LogP contribution in [0, 0.1) is 0 Å². The molecule has 19 heteroatoms. The maximum Gasteiger partial charge on any atom is 0.220 e. The average Bonchev–Trinajstić information content (AvgIpc) is 3.71. The monoisotopic (exact) mass is 1230 g/mol. The highest BCUT2D eigenvalue weighted by atomic mass is 16.8. The molecule has 3 aliphatic rings. The van der Waals surface area contributed by atoms with E-state index in [-0.39, 0.29) is 18.9 Å². The third kappa shape index (κ3) is 32.0. The first-order chi connectivity index (χ1) is 42.3. The van der Waals surface area contributed by atoms with Gasteiger partial charge < -0.3 is 89.9 Å². The third-order valence-electron chi connectivity index (χ3n) is 15.9. The van der Waals surface area contributed by atoms with Gasteiger partial charge in [0.2, 0.25) is 5.91 Å². The van der Waals surface area contributed by atoms with Crippen LogP contribution in [0.25, 0.3) is 0 Å². The van der Waals surface area contributed by atoms with Crippen LogP contribution in [0.4, 0.5) is 0 Å². The van der Waals surface area contributed by atoms with Crippen LogP contribution in [0.2, 0.25) is 0 Å². The van der Waals surface area contributed by atoms with Gasteiger partial charge in [0.15, 0.2) is 18.9 Å². The summed E-state index contributed by atoms with van der Waals surface area (Å²) >= 11 is 0. The van der Waals surface area contributed by atoms with Crippen molar-refractivity contribution in [1.29, 1.82) is 0 Å². The fraction of sp³-hybridized carbons (Fsp3) is 0.750. The SMILES string of the molecule is CC/C=C\C/C=C\C/C=C\C/C=C\C/C=C\C/C=C\CCCCCCCCCCCCCCC(=O)NC(COC1OC(CO)C(OC2OC(CO)C(OC3OC(CO)C(O)C(O)C3O)C(O)C2O)C(O)C1O)C(O)/C=C/CC/C=C/CCCCCCC. The highest BCUT2D eigenvalue weighted by Gasteiger charge is 2.53. The molecular formula is C68H115NO18. The summed E-state index contributed by atoms with van der Waals surface area (Å²) in [5.74, 6) is -0.294. The number of ether oxygens (including phenoxy) is 6. The summed E-state index contributed by atoms with van der Waals surface area (Å²) < 4.78 is 34.2. The van der Waals surface area contributed by atoms with Crippen molar-refractivity contribution >= 4 is 5.91 Å². The minimum atomic E-state index is -1.98. The second-order valence-corrected chi connectivity index (χ2v) is 23.2. The lowest BCUT2D eigenvalue weighted by atomic mass is 9.96. The lowest BCUT2D eigenvalue weighted by Gasteiger charge is -2.48. The molecule has 0 aliphatic carbocycles. The number of hydrogen-bond donors (Lipinski definition) is 12. The van der Waals surface area contributed by atoms with Crippen molar-refractivity contribution in [2.45, 2.75) is 298 Å². The molecule has 500 valence electrons. The van der Waals surface area contributed by atoms with Crippen LogP contribution in [0.5, 0.6) is 0 Å². The van der Waals surface area contributed by atoms with Crippen LogP contribution in [0.15, 0.2) is 97.2 Å². The molecule has 0 aromatic rings. The lowest BCUT2D eigenvalue weighted by Crippen LogP contribution is -2.66. The molecule has 17 unspecified atom stereocenters. The Morgan fingerprint density at radius 3 is 1.29 bits per heavy atom. The van der Waals surface area contributed by atoms with Crippen LogP contribution >= 0.6 is 0 Å². The third-order valence-corrected chi connectivity index (χ3v) is 15.9. The predicted octanol–water partition coefficient (Wildman–Crippen LogP) is 7.71. The number of aliphatic hydroxyl groups excluding tert-OH is 11. The molecule has 3 rings (SSSR count). The Balaban J connectivity index is 1.39. The number of aliphatic hydroxyl groups is 11. The molecular weight excluding hydrogens is 1120 g/mol. The second kappa shape index (κ2) is 49.4. The summed E-state index contributed by atoms with van der Waals surface area (Å²) in [6.45, 7) is 1.54. The van der Waals surface area contributed by atoms with E-state index in [1.165, 1.54) is 70.6 Å². The summed E-state index contributed by atoms with van der Waals surface area (Å²) in [6, 6.07) is -0.995. The van der Waals surface area contributed by atoms with Crippen molar-refractivity contribution in [2.75, 3.05) is 26.4 Å². The Labute approximate surface area is 520 Å². The maximum absolute atomic E-state index is 13.3. The first-order valence-electron chi connectivity index (χ1n) is 33.0. The number of rotatable bonds is 48. The van der Waals surface area contributed by atoms with E-state index in [1.807, 2.05) is 6.08 Å². The number of nitrogens with one attached hydrogen (secondary N) is 1. The maximum atomic E-state index is 13.3. The molecule has 0 bridgehead atoms. The van der Waals surface area contributed by atoms with Crippen molar-refractivity contribution in [3.05, 3.63) is 97.2 Å². The Hall–Kier alpha value is -3.29. The van der Waals surface area contributed by atoms with Crippen molar-refractivity contribution in [3.63, 3.8) is 0 Å². The van der Waals surface area contributed by atoms with Gasteiger partial charge in [-0.1, -0.05) is 201 Å². The summed E-state index contributed by atoms with van der Waals surface area (Å²) in [4.78, 5) is 13.3. The number of carbonyl (C=O) groups is 1. The molecule has 3 saturated heterocycles. The van der Waals surface area contributed by atoms with Gasteiger partial charge in [-0.15, -0.1) is 0 Å². The molecule has 19 nitrogen and oxygen atoms in total. The van der Waals surface area contributed by atoms with Crippen LogP contribution < -0.4 is 5.32 Å². The van der Waals surface area contributed by atoms with E-state index >= 15 is 0 Å². The topological polar surface area (TPSA) is 307 Å². The quantitative estimate of drug-likeness (QED) is 0.0205. The molecule has 0 saturated carbocycles. The van der Waals surface area contributed by atoms with Gasteiger partial charge in [0.05, 0.1) is 38.6 Å². The van der Waals surface area contributed by atoms with Gasteiger partial charge in [-0.3, -0.25) is 4.79 Å². The number of amides is 1. The van der Waals surface area contributed by atoms with E-state index in [0.29, 0.717) is 12.8 Å². The molecule has 12 N–H and O–H groups in total. The first-order valence-corrected chi connectivity index (χ1v) is 33.0. The Morgan fingerprint density at radius 2 is 0.805 bits per heavy atom. The van der Waals surface area contributed by atoms with Gasteiger partial charge in [-0.25, -0.2) is 0 Å². The highest BCUT2D eigenvalue weighted by Crippen LogP contribution is 2.33. The van der Waals surface area contributed by atoms with Crippen molar-refractivity contribution < 1.29 is 89.4 Å². The Bertz CT molecular complexity index is 1960. The molecule has 0 aromatic carbocycles. The lowest BCUT2D eigenvalue weighted by molar-refractivity contribution is -0.379. The van der Waals surface area contributed by atoms with Gasteiger partial charge in [0.1, 0.15) is 73.2 Å². The zero-order chi connectivity index (χ0) is 63.3. The zero-order valence-corrected chi connectivity index (χ0v) is 52.5. The molecule has 3 heterocycles. The number of allylic oxidation sites excluding steroid dienone is 15. The molecule has 3 fully saturated rings. The summed E-state index contributed by atoms with van der Waals surface area (Å²) in [6.07, 6.45) is 36.9. The summed E-state index contributed by atoms with van der Waals surface area (Å²) in [5, 5.41) is 120. The first kappa shape index (κ1) is 78.0. The van der Waals surface area contributed by atoms with Gasteiger partial charge in [-0.05, 0) is 83.5 Å². The van der Waals surface area contributed by atoms with Gasteiger partial charge in [0, 0.05) is 6.42 Å². The standard InChI is InChI=1S/C68H115NO18/c1-3-5-7-9-11-13-15-16-17-18-19-20-21-22-23-24-25-26-27-28-29-30-31-32-33-34-36-38-40-42-44-46-56(74)69-51(52(73)45-43-41-39-37-35-14-12-10-8-6-4-2)50-82-66-62(80)59(77)64(54(48-71)84-66)87-68-63(81)60(78)65(55(49-72)85-68)86-67-61(79)58(76)57(75)53(47-70)83-67/h5,7,11,13,16-17,19-20,22-23,25-26,35,37,43,45,51-55,57-68,70-73,75-81H,3-4,6,8-10,12,14-15,18,21,24,27-34,36,38-42,44,46-50H2,1-2H3,(H,69,74)/b7-5-,13-11-,17-16-,20-19-,23-22-,26-25-,37-35+,45-43+. The van der Waals surface area contributed by atoms with Crippen molar-refractivity contribution in [1.82, 2.24) is 5.32 Å². The van der Waals surface area contributed by atoms with Crippen LogP contribution in [-0.2, 0) is 33.2 Å². The van der Waals surface area contributed by atoms with Crippen molar-refractivity contribution in [2.24, 2.45) is 0 Å². The van der Waals surface area contributed by atoms with Crippen molar-refractivity contribution in [3.8, 4) is 0 Å². The number of carbonyl (C=O) groups excluding carboxylic acids is 1. The molecule has 17 atom stereocenters. The van der Waals surface area contributed by atoms with Gasteiger partial charge in [-0.2, -0.15) is 0 Å². The zero-order valence-electron chi connectivity index (χ0n) is 52.5. The smallest absolute Gasteiger partial charge is 0.220 e. The largest absolute Gasteiger partial charge is 0.394 e. The fourth-order valence-corrected chi connectivity index (χ4v) is 10.5. The molecule has 1 amide bonds. The van der Waals surface area contributed by atoms with E-state index in [1.54, 1.807) is 6.08 Å². The van der Waals surface area contributed by atoms with Crippen LogP contribution in [-0.4, -0.2) is 193 Å². The molecule has 87 heavy (non-hydrogen) atoms.